The minimum atomic E-state index is -0.255. The normalized spacial score (nSPS) is 10.8. The Morgan fingerprint density at radius 1 is 1.15 bits per heavy atom. The van der Waals surface area contributed by atoms with Gasteiger partial charge in [-0.25, -0.2) is 0 Å². The smallest absolute Gasteiger partial charge is 0.250 e. The van der Waals surface area contributed by atoms with Crippen molar-refractivity contribution in [1.82, 2.24) is 10.2 Å². The number of ether oxygens (including phenoxy) is 1. The monoisotopic (exact) mass is 385 g/mol. The molecule has 0 atom stereocenters. The third-order valence-corrected chi connectivity index (χ3v) is 4.60. The van der Waals surface area contributed by atoms with Gasteiger partial charge in [-0.3, -0.25) is 10.1 Å². The Labute approximate surface area is 160 Å². The van der Waals surface area contributed by atoms with Crippen LogP contribution in [0.1, 0.15) is 16.1 Å². The van der Waals surface area contributed by atoms with Crippen molar-refractivity contribution in [3.8, 4) is 5.75 Å². The number of benzene rings is 2. The van der Waals surface area contributed by atoms with Crippen molar-refractivity contribution in [2.45, 2.75) is 6.42 Å². The standard InChI is InChI=1S/C19H16ClN3O2S/c1-25-16-9-4-13(5-10-16)6-11-17(24)21-19-23-22-18(26-19)12-14-2-7-15(20)8-3-14/h2-11H,12H2,1H3,(H,21,23,24). The van der Waals surface area contributed by atoms with Crippen LogP contribution < -0.4 is 10.1 Å². The van der Waals surface area contributed by atoms with Gasteiger partial charge in [0.25, 0.3) is 0 Å². The number of aromatic nitrogens is 2. The molecule has 0 aliphatic heterocycles. The van der Waals surface area contributed by atoms with Crippen LogP contribution in [0.4, 0.5) is 5.13 Å². The van der Waals surface area contributed by atoms with Crippen LogP contribution >= 0.6 is 22.9 Å². The lowest BCUT2D eigenvalue weighted by molar-refractivity contribution is -0.111. The maximum atomic E-state index is 12.0. The molecule has 0 fully saturated rings. The molecule has 26 heavy (non-hydrogen) atoms. The SMILES string of the molecule is COc1ccc(C=CC(=O)Nc2nnc(Cc3ccc(Cl)cc3)s2)cc1. The Morgan fingerprint density at radius 3 is 2.58 bits per heavy atom. The van der Waals surface area contributed by atoms with Gasteiger partial charge in [0, 0.05) is 17.5 Å². The van der Waals surface area contributed by atoms with E-state index in [1.165, 1.54) is 17.4 Å². The lowest BCUT2D eigenvalue weighted by Gasteiger charge is -1.99. The number of carbonyl (C=O) groups is 1. The summed E-state index contributed by atoms with van der Waals surface area (Å²) in [5.74, 6) is 0.517. The zero-order valence-electron chi connectivity index (χ0n) is 14.0. The van der Waals surface area contributed by atoms with Gasteiger partial charge in [0.15, 0.2) is 0 Å². The zero-order valence-corrected chi connectivity index (χ0v) is 15.6. The number of halogens is 1. The van der Waals surface area contributed by atoms with Crippen molar-refractivity contribution in [3.63, 3.8) is 0 Å². The summed E-state index contributed by atoms with van der Waals surface area (Å²) in [5.41, 5.74) is 1.99. The van der Waals surface area contributed by atoms with Gasteiger partial charge in [-0.1, -0.05) is 47.2 Å². The molecule has 0 saturated heterocycles. The highest BCUT2D eigenvalue weighted by atomic mass is 35.5. The molecule has 0 unspecified atom stereocenters. The summed E-state index contributed by atoms with van der Waals surface area (Å²) in [4.78, 5) is 12.0. The second-order valence-electron chi connectivity index (χ2n) is 5.40. The quantitative estimate of drug-likeness (QED) is 0.637. The summed E-state index contributed by atoms with van der Waals surface area (Å²) in [5, 5.41) is 12.8. The van der Waals surface area contributed by atoms with Crippen molar-refractivity contribution in [3.05, 3.63) is 75.8 Å². The van der Waals surface area contributed by atoms with Gasteiger partial charge < -0.3 is 4.74 Å². The molecule has 3 rings (SSSR count). The van der Waals surface area contributed by atoms with Gasteiger partial charge in [-0.15, -0.1) is 10.2 Å². The number of nitrogens with zero attached hydrogens (tertiary/aromatic N) is 2. The lowest BCUT2D eigenvalue weighted by Crippen LogP contribution is -2.07. The van der Waals surface area contributed by atoms with Gasteiger partial charge in [-0.05, 0) is 41.5 Å². The molecule has 132 valence electrons. The number of carbonyl (C=O) groups excluding carboxylic acids is 1. The van der Waals surface area contributed by atoms with Gasteiger partial charge in [0.05, 0.1) is 7.11 Å². The van der Waals surface area contributed by atoms with E-state index in [-0.39, 0.29) is 5.91 Å². The predicted octanol–water partition coefficient (Wildman–Crippen LogP) is 4.44. The fourth-order valence-electron chi connectivity index (χ4n) is 2.19. The van der Waals surface area contributed by atoms with Crippen LogP contribution in [0, 0.1) is 0 Å². The molecule has 0 radical (unpaired) electrons. The van der Waals surface area contributed by atoms with E-state index in [2.05, 4.69) is 15.5 Å². The molecule has 5 nitrogen and oxygen atoms in total. The molecule has 0 spiro atoms. The third-order valence-electron chi connectivity index (χ3n) is 3.51. The molecular weight excluding hydrogens is 370 g/mol. The molecule has 2 aromatic carbocycles. The molecular formula is C19H16ClN3O2S. The van der Waals surface area contributed by atoms with E-state index in [0.29, 0.717) is 16.6 Å². The van der Waals surface area contributed by atoms with E-state index in [4.69, 9.17) is 16.3 Å². The number of hydrogen-bond acceptors (Lipinski definition) is 5. The summed E-state index contributed by atoms with van der Waals surface area (Å²) < 4.78 is 5.10. The fourth-order valence-corrected chi connectivity index (χ4v) is 3.09. The number of nitrogens with one attached hydrogen (secondary N) is 1. The lowest BCUT2D eigenvalue weighted by atomic mass is 10.2. The molecule has 3 aromatic rings. The van der Waals surface area contributed by atoms with E-state index in [1.807, 2.05) is 48.5 Å². The maximum Gasteiger partial charge on any atom is 0.250 e. The second-order valence-corrected chi connectivity index (χ2v) is 6.90. The molecule has 1 aromatic heterocycles. The van der Waals surface area contributed by atoms with Gasteiger partial charge in [0.2, 0.25) is 11.0 Å². The molecule has 1 N–H and O–H groups in total. The number of amides is 1. The van der Waals surface area contributed by atoms with E-state index >= 15 is 0 Å². The van der Waals surface area contributed by atoms with Crippen LogP contribution in [0.2, 0.25) is 5.02 Å². The van der Waals surface area contributed by atoms with Crippen LogP contribution in [0.5, 0.6) is 5.75 Å². The maximum absolute atomic E-state index is 12.0. The highest BCUT2D eigenvalue weighted by molar-refractivity contribution is 7.15. The molecule has 0 aliphatic rings. The summed E-state index contributed by atoms with van der Waals surface area (Å²) >= 11 is 7.23. The highest BCUT2D eigenvalue weighted by Crippen LogP contribution is 2.20. The Morgan fingerprint density at radius 2 is 1.88 bits per heavy atom. The van der Waals surface area contributed by atoms with Gasteiger partial charge >= 0.3 is 0 Å². The average Bonchev–Trinajstić information content (AvgIpc) is 3.09. The van der Waals surface area contributed by atoms with Gasteiger partial charge in [0.1, 0.15) is 10.8 Å². The summed E-state index contributed by atoms with van der Waals surface area (Å²) in [6.45, 7) is 0. The Hall–Kier alpha value is -2.70. The first-order valence-electron chi connectivity index (χ1n) is 7.82. The number of methoxy groups -OCH3 is 1. The summed E-state index contributed by atoms with van der Waals surface area (Å²) in [7, 11) is 1.61. The molecule has 1 amide bonds. The molecule has 0 aliphatic carbocycles. The zero-order chi connectivity index (χ0) is 18.4. The van der Waals surface area contributed by atoms with E-state index in [1.54, 1.807) is 13.2 Å². The molecule has 7 heteroatoms. The van der Waals surface area contributed by atoms with Crippen LogP contribution in [0.15, 0.2) is 54.6 Å². The number of anilines is 1. The Kier molecular flexibility index (Phi) is 5.99. The molecule has 1 heterocycles. The predicted molar refractivity (Wildman–Crippen MR) is 105 cm³/mol. The second kappa shape index (κ2) is 8.60. The third kappa shape index (κ3) is 5.15. The minimum absolute atomic E-state index is 0.255. The number of hydrogen-bond donors (Lipinski definition) is 1. The Bertz CT molecular complexity index is 905. The van der Waals surface area contributed by atoms with E-state index in [0.717, 1.165) is 21.9 Å². The van der Waals surface area contributed by atoms with Crippen molar-refractivity contribution >= 4 is 40.1 Å². The van der Waals surface area contributed by atoms with Crippen LogP contribution in [-0.2, 0) is 11.2 Å². The highest BCUT2D eigenvalue weighted by Gasteiger charge is 2.07. The molecule has 0 saturated carbocycles. The van der Waals surface area contributed by atoms with Crippen molar-refractivity contribution < 1.29 is 9.53 Å². The molecule has 0 bridgehead atoms. The summed E-state index contributed by atoms with van der Waals surface area (Å²) in [6.07, 6.45) is 3.83. The van der Waals surface area contributed by atoms with Crippen LogP contribution in [-0.4, -0.2) is 23.2 Å². The van der Waals surface area contributed by atoms with E-state index in [9.17, 15) is 4.79 Å². The van der Waals surface area contributed by atoms with E-state index < -0.39 is 0 Å². The first kappa shape index (κ1) is 18.1. The minimum Gasteiger partial charge on any atom is -0.497 e. The van der Waals surface area contributed by atoms with Crippen LogP contribution in [0.3, 0.4) is 0 Å². The first-order valence-corrected chi connectivity index (χ1v) is 9.02. The van der Waals surface area contributed by atoms with Crippen molar-refractivity contribution in [2.24, 2.45) is 0 Å². The number of rotatable bonds is 6. The first-order chi connectivity index (χ1) is 12.6. The fraction of sp³-hybridized carbons (Fsp3) is 0.105. The van der Waals surface area contributed by atoms with Crippen LogP contribution in [0.25, 0.3) is 6.08 Å². The van der Waals surface area contributed by atoms with Crippen molar-refractivity contribution in [1.29, 1.82) is 0 Å². The Balaban J connectivity index is 1.56. The summed E-state index contributed by atoms with van der Waals surface area (Å²) in [6, 6.07) is 15.0. The van der Waals surface area contributed by atoms with Gasteiger partial charge in [-0.2, -0.15) is 0 Å². The largest absolute Gasteiger partial charge is 0.497 e. The topological polar surface area (TPSA) is 64.1 Å². The average molecular weight is 386 g/mol. The van der Waals surface area contributed by atoms with Crippen molar-refractivity contribution in [2.75, 3.05) is 12.4 Å².